The molecule has 1 aliphatic rings. The topological polar surface area (TPSA) is 75.6 Å². The summed E-state index contributed by atoms with van der Waals surface area (Å²) in [5, 5.41) is 7.13. The Bertz CT molecular complexity index is 832. The number of imidazole rings is 1. The molecule has 1 aromatic carbocycles. The highest BCUT2D eigenvalue weighted by Crippen LogP contribution is 2.39. The zero-order valence-corrected chi connectivity index (χ0v) is 13.3. The van der Waals surface area contributed by atoms with Gasteiger partial charge in [-0.2, -0.15) is 5.10 Å². The van der Waals surface area contributed by atoms with Crippen LogP contribution in [-0.2, 0) is 17.8 Å². The van der Waals surface area contributed by atoms with E-state index in [2.05, 4.69) is 32.5 Å². The smallest absolute Gasteiger partial charge is 0.231 e. The number of rotatable bonds is 6. The zero-order valence-electron chi connectivity index (χ0n) is 13.3. The number of aromatic nitrogens is 4. The molecule has 6 heteroatoms. The summed E-state index contributed by atoms with van der Waals surface area (Å²) in [5.41, 5.74) is 3.18. The van der Waals surface area contributed by atoms with E-state index < -0.39 is 0 Å². The van der Waals surface area contributed by atoms with Crippen LogP contribution in [0.25, 0.3) is 0 Å². The number of hydrogen-bond acceptors (Lipinski definition) is 3. The molecule has 3 aromatic rings. The Morgan fingerprint density at radius 3 is 2.83 bits per heavy atom. The van der Waals surface area contributed by atoms with E-state index in [-0.39, 0.29) is 12.3 Å². The van der Waals surface area contributed by atoms with Gasteiger partial charge >= 0.3 is 0 Å². The predicted octanol–water partition coefficient (Wildman–Crippen LogP) is 2.71. The molecular formula is C18H19N5O. The van der Waals surface area contributed by atoms with Gasteiger partial charge in [-0.3, -0.25) is 14.8 Å². The number of nitrogens with one attached hydrogen (secondary N) is 2. The Hall–Kier alpha value is -2.89. The number of amides is 1. The summed E-state index contributed by atoms with van der Waals surface area (Å²) in [6.07, 6.45) is 8.15. The second kappa shape index (κ2) is 6.31. The first-order chi connectivity index (χ1) is 11.8. The van der Waals surface area contributed by atoms with Crippen molar-refractivity contribution in [2.24, 2.45) is 0 Å². The van der Waals surface area contributed by atoms with Gasteiger partial charge < -0.3 is 4.98 Å². The summed E-state index contributed by atoms with van der Waals surface area (Å²) in [5.74, 6) is 1.03. The highest BCUT2D eigenvalue weighted by Gasteiger charge is 2.25. The number of nitrogens with zero attached hydrogens (tertiary/aromatic N) is 3. The van der Waals surface area contributed by atoms with Crippen LogP contribution < -0.4 is 5.32 Å². The number of H-pyrrole nitrogens is 1. The van der Waals surface area contributed by atoms with Crippen molar-refractivity contribution in [3.8, 4) is 0 Å². The molecule has 0 bridgehead atoms. The summed E-state index contributed by atoms with van der Waals surface area (Å²) in [6, 6.07) is 10.1. The van der Waals surface area contributed by atoms with Crippen LogP contribution in [0.15, 0.2) is 48.9 Å². The predicted molar refractivity (Wildman–Crippen MR) is 90.7 cm³/mol. The van der Waals surface area contributed by atoms with Gasteiger partial charge in [-0.05, 0) is 24.0 Å². The standard InChI is InChI=1S/C18H19N5O/c24-17(22-18-19-10-16(21-18)15-6-7-15)8-14-9-20-23(12-14)11-13-4-2-1-3-5-13/h1-5,9-10,12,15H,6-8,11H2,(H2,19,21,22,24). The Morgan fingerprint density at radius 2 is 2.04 bits per heavy atom. The molecule has 2 aromatic heterocycles. The van der Waals surface area contributed by atoms with E-state index in [0.717, 1.165) is 11.3 Å². The fraction of sp³-hybridized carbons (Fsp3) is 0.278. The molecule has 0 atom stereocenters. The fourth-order valence-electron chi connectivity index (χ4n) is 2.72. The molecule has 1 amide bonds. The largest absolute Gasteiger partial charge is 0.328 e. The van der Waals surface area contributed by atoms with Crippen LogP contribution in [0.4, 0.5) is 5.95 Å². The third-order valence-corrected chi connectivity index (χ3v) is 4.11. The first-order valence-corrected chi connectivity index (χ1v) is 8.16. The Balaban J connectivity index is 1.33. The molecule has 122 valence electrons. The van der Waals surface area contributed by atoms with Crippen molar-refractivity contribution in [1.82, 2.24) is 19.7 Å². The van der Waals surface area contributed by atoms with Gasteiger partial charge in [0.05, 0.1) is 25.4 Å². The molecule has 0 unspecified atom stereocenters. The second-order valence-corrected chi connectivity index (χ2v) is 6.22. The maximum atomic E-state index is 12.1. The van der Waals surface area contributed by atoms with E-state index in [0.29, 0.717) is 18.4 Å². The fourth-order valence-corrected chi connectivity index (χ4v) is 2.72. The van der Waals surface area contributed by atoms with E-state index in [9.17, 15) is 4.79 Å². The molecule has 1 saturated carbocycles. The maximum absolute atomic E-state index is 12.1. The van der Waals surface area contributed by atoms with Gasteiger partial charge in [-0.25, -0.2) is 4.98 Å². The van der Waals surface area contributed by atoms with E-state index >= 15 is 0 Å². The van der Waals surface area contributed by atoms with Crippen LogP contribution in [0.2, 0.25) is 0 Å². The van der Waals surface area contributed by atoms with Gasteiger partial charge in [-0.15, -0.1) is 0 Å². The van der Waals surface area contributed by atoms with Gasteiger partial charge in [-0.1, -0.05) is 30.3 Å². The first kappa shape index (κ1) is 14.7. The highest BCUT2D eigenvalue weighted by atomic mass is 16.1. The molecular weight excluding hydrogens is 302 g/mol. The minimum Gasteiger partial charge on any atom is -0.328 e. The normalized spacial score (nSPS) is 13.8. The lowest BCUT2D eigenvalue weighted by atomic mass is 10.2. The molecule has 6 nitrogen and oxygen atoms in total. The molecule has 24 heavy (non-hydrogen) atoms. The lowest BCUT2D eigenvalue weighted by molar-refractivity contribution is -0.115. The maximum Gasteiger partial charge on any atom is 0.231 e. The van der Waals surface area contributed by atoms with Crippen LogP contribution >= 0.6 is 0 Å². The number of carbonyl (C=O) groups excluding carboxylic acids is 1. The van der Waals surface area contributed by atoms with Crippen LogP contribution in [0, 0.1) is 0 Å². The second-order valence-electron chi connectivity index (χ2n) is 6.22. The lowest BCUT2D eigenvalue weighted by Crippen LogP contribution is -2.15. The van der Waals surface area contributed by atoms with Gasteiger partial charge in [0.15, 0.2) is 0 Å². The molecule has 1 fully saturated rings. The van der Waals surface area contributed by atoms with E-state index in [1.165, 1.54) is 18.4 Å². The van der Waals surface area contributed by atoms with Crippen molar-refractivity contribution in [3.05, 3.63) is 65.7 Å². The summed E-state index contributed by atoms with van der Waals surface area (Å²) >= 11 is 0. The third kappa shape index (κ3) is 3.53. The van der Waals surface area contributed by atoms with Crippen LogP contribution in [0.3, 0.4) is 0 Å². The minimum absolute atomic E-state index is 0.0917. The Labute approximate surface area is 139 Å². The Morgan fingerprint density at radius 1 is 1.21 bits per heavy atom. The number of anilines is 1. The van der Waals surface area contributed by atoms with Crippen LogP contribution in [0.1, 0.15) is 35.6 Å². The first-order valence-electron chi connectivity index (χ1n) is 8.16. The number of carbonyl (C=O) groups is 1. The van der Waals surface area contributed by atoms with Crippen molar-refractivity contribution >= 4 is 11.9 Å². The minimum atomic E-state index is -0.0917. The van der Waals surface area contributed by atoms with Gasteiger partial charge in [0, 0.05) is 17.8 Å². The molecule has 0 aliphatic heterocycles. The lowest BCUT2D eigenvalue weighted by Gasteiger charge is -2.01. The molecule has 1 aliphatic carbocycles. The average Bonchev–Trinajstić information content (AvgIpc) is 3.18. The van der Waals surface area contributed by atoms with Crippen molar-refractivity contribution < 1.29 is 4.79 Å². The molecule has 0 spiro atoms. The SMILES string of the molecule is O=C(Cc1cnn(Cc2ccccc2)c1)Nc1ncc(C2CC2)[nH]1. The van der Waals surface area contributed by atoms with Gasteiger partial charge in [0.25, 0.3) is 0 Å². The molecule has 2 heterocycles. The van der Waals surface area contributed by atoms with Crippen molar-refractivity contribution in [1.29, 1.82) is 0 Å². The molecule has 0 radical (unpaired) electrons. The summed E-state index contributed by atoms with van der Waals surface area (Å²) < 4.78 is 1.84. The summed E-state index contributed by atoms with van der Waals surface area (Å²) in [6.45, 7) is 0.700. The van der Waals surface area contributed by atoms with E-state index in [4.69, 9.17) is 0 Å². The van der Waals surface area contributed by atoms with Gasteiger partial charge in [0.1, 0.15) is 0 Å². The number of hydrogen-bond donors (Lipinski definition) is 2. The summed E-state index contributed by atoms with van der Waals surface area (Å²) in [4.78, 5) is 19.5. The average molecular weight is 321 g/mol. The molecule has 4 rings (SSSR count). The van der Waals surface area contributed by atoms with Crippen molar-refractivity contribution in [3.63, 3.8) is 0 Å². The van der Waals surface area contributed by atoms with Crippen LogP contribution in [0.5, 0.6) is 0 Å². The quantitative estimate of drug-likeness (QED) is 0.733. The number of aromatic amines is 1. The van der Waals surface area contributed by atoms with Crippen molar-refractivity contribution in [2.45, 2.75) is 31.7 Å². The zero-order chi connectivity index (χ0) is 16.4. The number of benzene rings is 1. The molecule has 2 N–H and O–H groups in total. The summed E-state index contributed by atoms with van der Waals surface area (Å²) in [7, 11) is 0. The van der Waals surface area contributed by atoms with Crippen LogP contribution in [-0.4, -0.2) is 25.7 Å². The monoisotopic (exact) mass is 321 g/mol. The van der Waals surface area contributed by atoms with Gasteiger partial charge in [0.2, 0.25) is 11.9 Å². The third-order valence-electron chi connectivity index (χ3n) is 4.11. The van der Waals surface area contributed by atoms with Crippen molar-refractivity contribution in [2.75, 3.05) is 5.32 Å². The molecule has 0 saturated heterocycles. The Kier molecular flexibility index (Phi) is 3.86. The highest BCUT2D eigenvalue weighted by molar-refractivity contribution is 5.90. The van der Waals surface area contributed by atoms with E-state index in [1.807, 2.05) is 35.3 Å². The van der Waals surface area contributed by atoms with E-state index in [1.54, 1.807) is 6.20 Å².